The summed E-state index contributed by atoms with van der Waals surface area (Å²) in [6, 6.07) is 5.63. The van der Waals surface area contributed by atoms with Crippen LogP contribution in [0.3, 0.4) is 0 Å². The van der Waals surface area contributed by atoms with Gasteiger partial charge < -0.3 is 15.2 Å². The fourth-order valence-electron chi connectivity index (χ4n) is 1.28. The molecule has 0 fully saturated rings. The summed E-state index contributed by atoms with van der Waals surface area (Å²) in [6.45, 7) is 3.80. The molecule has 0 saturated carbocycles. The molecule has 18 heavy (non-hydrogen) atoms. The Kier molecular flexibility index (Phi) is 5.58. The van der Waals surface area contributed by atoms with Gasteiger partial charge in [0.05, 0.1) is 0 Å². The fraction of sp³-hybridized carbons (Fsp3) is 0.462. The second-order valence-corrected chi connectivity index (χ2v) is 4.25. The second-order valence-electron chi connectivity index (χ2n) is 4.25. The molecule has 4 nitrogen and oxygen atoms in total. The minimum absolute atomic E-state index is 0.00433. The third-order valence-electron chi connectivity index (χ3n) is 2.41. The number of amides is 1. The van der Waals surface area contributed by atoms with Crippen LogP contribution in [-0.4, -0.2) is 30.3 Å². The molecule has 0 aliphatic heterocycles. The lowest BCUT2D eigenvalue weighted by atomic mass is 10.2. The summed E-state index contributed by atoms with van der Waals surface area (Å²) in [5.41, 5.74) is 0. The Bertz CT molecular complexity index is 398. The Hall–Kier alpha value is -1.62. The number of carbonyl (C=O) groups is 1. The number of hydrogen-bond acceptors (Lipinski definition) is 3. The molecule has 0 spiro atoms. The van der Waals surface area contributed by atoms with E-state index in [0.717, 1.165) is 0 Å². The molecule has 0 aromatic heterocycles. The van der Waals surface area contributed by atoms with Gasteiger partial charge in [0.2, 0.25) is 0 Å². The molecule has 0 saturated heterocycles. The fourth-order valence-corrected chi connectivity index (χ4v) is 1.28. The van der Waals surface area contributed by atoms with Gasteiger partial charge in [0.25, 0.3) is 5.91 Å². The van der Waals surface area contributed by atoms with Crippen molar-refractivity contribution in [3.8, 4) is 5.75 Å². The molecule has 1 aromatic rings. The van der Waals surface area contributed by atoms with Crippen LogP contribution in [0.1, 0.15) is 13.8 Å². The normalized spacial score (nSPS) is 13.8. The molecule has 1 aromatic carbocycles. The summed E-state index contributed by atoms with van der Waals surface area (Å²) in [4.78, 5) is 11.6. The second kappa shape index (κ2) is 6.96. The van der Waals surface area contributed by atoms with Gasteiger partial charge in [-0.05, 0) is 25.0 Å². The van der Waals surface area contributed by atoms with E-state index in [0.29, 0.717) is 12.3 Å². The van der Waals surface area contributed by atoms with Crippen molar-refractivity contribution in [3.63, 3.8) is 0 Å². The van der Waals surface area contributed by atoms with Crippen molar-refractivity contribution < 1.29 is 19.0 Å². The van der Waals surface area contributed by atoms with Gasteiger partial charge in [-0.2, -0.15) is 0 Å². The Labute approximate surface area is 106 Å². The van der Waals surface area contributed by atoms with Gasteiger partial charge >= 0.3 is 0 Å². The maximum Gasteiger partial charge on any atom is 0.260 e. The maximum atomic E-state index is 12.9. The minimum atomic E-state index is -0.710. The molecule has 0 heterocycles. The molecule has 2 N–H and O–H groups in total. The minimum Gasteiger partial charge on any atom is -0.481 e. The summed E-state index contributed by atoms with van der Waals surface area (Å²) in [5.74, 6) is -0.392. The number of aliphatic hydroxyl groups excluding tert-OH is 1. The highest BCUT2D eigenvalue weighted by Gasteiger charge is 2.15. The van der Waals surface area contributed by atoms with E-state index in [9.17, 15) is 9.18 Å². The average Bonchev–Trinajstić information content (AvgIpc) is 2.35. The van der Waals surface area contributed by atoms with Crippen molar-refractivity contribution in [1.82, 2.24) is 5.32 Å². The SMILES string of the molecule is CC(CO)CNC(=O)C(C)Oc1cccc(F)c1. The van der Waals surface area contributed by atoms with Crippen molar-refractivity contribution in [2.24, 2.45) is 5.92 Å². The molecule has 0 aliphatic carbocycles. The predicted octanol–water partition coefficient (Wildman–Crippen LogP) is 1.34. The van der Waals surface area contributed by atoms with Crippen LogP contribution in [0, 0.1) is 11.7 Å². The highest BCUT2D eigenvalue weighted by Crippen LogP contribution is 2.13. The monoisotopic (exact) mass is 255 g/mol. The van der Waals surface area contributed by atoms with Crippen LogP contribution >= 0.6 is 0 Å². The number of halogens is 1. The third kappa shape index (κ3) is 4.71. The van der Waals surface area contributed by atoms with Gasteiger partial charge in [0.1, 0.15) is 11.6 Å². The molecule has 0 bridgehead atoms. The molecule has 1 amide bonds. The van der Waals surface area contributed by atoms with E-state index >= 15 is 0 Å². The van der Waals surface area contributed by atoms with Crippen LogP contribution in [-0.2, 0) is 4.79 Å². The van der Waals surface area contributed by atoms with Crippen LogP contribution in [0.25, 0.3) is 0 Å². The topological polar surface area (TPSA) is 58.6 Å². The third-order valence-corrected chi connectivity index (χ3v) is 2.41. The first-order chi connectivity index (χ1) is 8.52. The lowest BCUT2D eigenvalue weighted by Crippen LogP contribution is -2.39. The Balaban J connectivity index is 2.45. The summed E-state index contributed by atoms with van der Waals surface area (Å²) < 4.78 is 18.2. The van der Waals surface area contributed by atoms with Gasteiger partial charge in [-0.3, -0.25) is 4.79 Å². The van der Waals surface area contributed by atoms with E-state index in [1.807, 2.05) is 6.92 Å². The number of nitrogens with one attached hydrogen (secondary N) is 1. The van der Waals surface area contributed by atoms with Crippen LogP contribution in [0.5, 0.6) is 5.75 Å². The first-order valence-electron chi connectivity index (χ1n) is 5.83. The summed E-state index contributed by atoms with van der Waals surface area (Å²) in [5, 5.41) is 11.5. The number of carbonyl (C=O) groups excluding carboxylic acids is 1. The predicted molar refractivity (Wildman–Crippen MR) is 65.7 cm³/mol. The van der Waals surface area contributed by atoms with Gasteiger partial charge in [-0.25, -0.2) is 4.39 Å². The maximum absolute atomic E-state index is 12.9. The average molecular weight is 255 g/mol. The van der Waals surface area contributed by atoms with Gasteiger partial charge in [-0.15, -0.1) is 0 Å². The smallest absolute Gasteiger partial charge is 0.260 e. The van der Waals surface area contributed by atoms with E-state index in [1.54, 1.807) is 13.0 Å². The van der Waals surface area contributed by atoms with E-state index in [2.05, 4.69) is 5.32 Å². The molecule has 100 valence electrons. The zero-order valence-corrected chi connectivity index (χ0v) is 10.5. The Morgan fingerprint density at radius 2 is 2.22 bits per heavy atom. The van der Waals surface area contributed by atoms with E-state index in [4.69, 9.17) is 9.84 Å². The molecule has 0 radical (unpaired) electrons. The molecule has 0 aliphatic rings. The number of rotatable bonds is 6. The van der Waals surface area contributed by atoms with Crippen molar-refractivity contribution in [2.45, 2.75) is 20.0 Å². The zero-order valence-electron chi connectivity index (χ0n) is 10.5. The van der Waals surface area contributed by atoms with Crippen molar-refractivity contribution in [1.29, 1.82) is 0 Å². The van der Waals surface area contributed by atoms with E-state index in [-0.39, 0.29) is 18.4 Å². The number of hydrogen-bond donors (Lipinski definition) is 2. The van der Waals surface area contributed by atoms with Crippen LogP contribution < -0.4 is 10.1 Å². The van der Waals surface area contributed by atoms with Crippen LogP contribution in [0.15, 0.2) is 24.3 Å². The first-order valence-corrected chi connectivity index (χ1v) is 5.83. The lowest BCUT2D eigenvalue weighted by Gasteiger charge is -2.16. The molecular weight excluding hydrogens is 237 g/mol. The van der Waals surface area contributed by atoms with Gasteiger partial charge in [0, 0.05) is 19.2 Å². The standard InChI is InChI=1S/C13H18FNO3/c1-9(8-16)7-15-13(17)10(2)18-12-5-3-4-11(14)6-12/h3-6,9-10,16H,7-8H2,1-2H3,(H,15,17). The summed E-state index contributed by atoms with van der Waals surface area (Å²) in [6.07, 6.45) is -0.710. The van der Waals surface area contributed by atoms with E-state index < -0.39 is 11.9 Å². The first kappa shape index (κ1) is 14.4. The Morgan fingerprint density at radius 1 is 1.50 bits per heavy atom. The highest BCUT2D eigenvalue weighted by molar-refractivity contribution is 5.80. The highest BCUT2D eigenvalue weighted by atomic mass is 19.1. The van der Waals surface area contributed by atoms with Crippen molar-refractivity contribution in [3.05, 3.63) is 30.1 Å². The summed E-state index contributed by atoms with van der Waals surface area (Å²) in [7, 11) is 0. The molecule has 2 unspecified atom stereocenters. The number of ether oxygens (including phenoxy) is 1. The Morgan fingerprint density at radius 3 is 2.83 bits per heavy atom. The van der Waals surface area contributed by atoms with Crippen LogP contribution in [0.4, 0.5) is 4.39 Å². The summed E-state index contributed by atoms with van der Waals surface area (Å²) >= 11 is 0. The molecule has 5 heteroatoms. The van der Waals surface area contributed by atoms with Gasteiger partial charge in [0.15, 0.2) is 6.10 Å². The quantitative estimate of drug-likeness (QED) is 0.806. The molecule has 1 rings (SSSR count). The number of benzene rings is 1. The molecule has 2 atom stereocenters. The number of aliphatic hydroxyl groups is 1. The zero-order chi connectivity index (χ0) is 13.5. The molecular formula is C13H18FNO3. The van der Waals surface area contributed by atoms with Crippen LogP contribution in [0.2, 0.25) is 0 Å². The van der Waals surface area contributed by atoms with Gasteiger partial charge in [-0.1, -0.05) is 13.0 Å². The van der Waals surface area contributed by atoms with Crippen molar-refractivity contribution in [2.75, 3.05) is 13.2 Å². The van der Waals surface area contributed by atoms with Crippen molar-refractivity contribution >= 4 is 5.91 Å². The lowest BCUT2D eigenvalue weighted by molar-refractivity contribution is -0.127. The largest absolute Gasteiger partial charge is 0.481 e. The van der Waals surface area contributed by atoms with E-state index in [1.165, 1.54) is 18.2 Å².